The van der Waals surface area contributed by atoms with Crippen molar-refractivity contribution in [1.82, 2.24) is 5.32 Å². The van der Waals surface area contributed by atoms with Gasteiger partial charge in [-0.25, -0.2) is 4.79 Å². The predicted molar refractivity (Wildman–Crippen MR) is 99.4 cm³/mol. The topological polar surface area (TPSA) is 55.4 Å². The van der Waals surface area contributed by atoms with E-state index in [2.05, 4.69) is 5.32 Å². The molecule has 4 nitrogen and oxygen atoms in total. The van der Waals surface area contributed by atoms with Crippen molar-refractivity contribution in [1.29, 1.82) is 0 Å². The Kier molecular flexibility index (Phi) is 6.85. The van der Waals surface area contributed by atoms with Crippen LogP contribution in [-0.2, 0) is 16.0 Å². The van der Waals surface area contributed by atoms with Gasteiger partial charge in [0.2, 0.25) is 0 Å². The standard InChI is InChI=1S/C19H19Cl2NO3/c1-12-4-3-5-16(13(12)2)19(24)25-11-18(23)22-9-8-14-6-7-15(20)10-17(14)21/h3-7,10H,8-9,11H2,1-2H3,(H,22,23). The van der Waals surface area contributed by atoms with Gasteiger partial charge < -0.3 is 10.1 Å². The minimum absolute atomic E-state index is 0.319. The van der Waals surface area contributed by atoms with Crippen LogP contribution in [0, 0.1) is 13.8 Å². The van der Waals surface area contributed by atoms with E-state index in [9.17, 15) is 9.59 Å². The van der Waals surface area contributed by atoms with Gasteiger partial charge in [-0.1, -0.05) is 41.4 Å². The van der Waals surface area contributed by atoms with Crippen molar-refractivity contribution in [2.75, 3.05) is 13.2 Å². The highest BCUT2D eigenvalue weighted by Gasteiger charge is 2.13. The van der Waals surface area contributed by atoms with Gasteiger partial charge in [0.25, 0.3) is 5.91 Å². The van der Waals surface area contributed by atoms with Crippen molar-refractivity contribution in [2.45, 2.75) is 20.3 Å². The fourth-order valence-electron chi connectivity index (χ4n) is 2.29. The number of benzene rings is 2. The maximum atomic E-state index is 12.1. The van der Waals surface area contributed by atoms with Crippen molar-refractivity contribution in [3.8, 4) is 0 Å². The summed E-state index contributed by atoms with van der Waals surface area (Å²) >= 11 is 11.9. The van der Waals surface area contributed by atoms with Gasteiger partial charge >= 0.3 is 5.97 Å². The first-order chi connectivity index (χ1) is 11.9. The molecule has 0 saturated heterocycles. The van der Waals surface area contributed by atoms with Crippen molar-refractivity contribution in [3.63, 3.8) is 0 Å². The molecule has 0 bridgehead atoms. The number of carbonyl (C=O) groups excluding carboxylic acids is 2. The van der Waals surface area contributed by atoms with E-state index in [1.165, 1.54) is 0 Å². The highest BCUT2D eigenvalue weighted by molar-refractivity contribution is 6.35. The Morgan fingerprint density at radius 1 is 1.12 bits per heavy atom. The molecule has 0 aliphatic carbocycles. The summed E-state index contributed by atoms with van der Waals surface area (Å²) in [6.07, 6.45) is 0.562. The lowest BCUT2D eigenvalue weighted by Gasteiger charge is -2.10. The number of carbonyl (C=O) groups is 2. The van der Waals surface area contributed by atoms with Gasteiger partial charge in [0.05, 0.1) is 5.56 Å². The molecule has 0 unspecified atom stereocenters. The Balaban J connectivity index is 1.79. The molecule has 0 spiro atoms. The van der Waals surface area contributed by atoms with Crippen molar-refractivity contribution >= 4 is 35.1 Å². The van der Waals surface area contributed by atoms with Gasteiger partial charge in [0.15, 0.2) is 6.61 Å². The lowest BCUT2D eigenvalue weighted by Crippen LogP contribution is -2.30. The van der Waals surface area contributed by atoms with E-state index in [4.69, 9.17) is 27.9 Å². The Labute approximate surface area is 157 Å². The molecule has 0 radical (unpaired) electrons. The Bertz CT molecular complexity index is 790. The molecule has 2 aromatic carbocycles. The van der Waals surface area contributed by atoms with Crippen LogP contribution in [0.4, 0.5) is 0 Å². The van der Waals surface area contributed by atoms with Gasteiger partial charge in [-0.15, -0.1) is 0 Å². The molecular formula is C19H19Cl2NO3. The van der Waals surface area contributed by atoms with E-state index < -0.39 is 5.97 Å². The predicted octanol–water partition coefficient (Wildman–Crippen LogP) is 4.13. The highest BCUT2D eigenvalue weighted by atomic mass is 35.5. The summed E-state index contributed by atoms with van der Waals surface area (Å²) in [5.74, 6) is -0.860. The lowest BCUT2D eigenvalue weighted by atomic mass is 10.0. The SMILES string of the molecule is Cc1cccc(C(=O)OCC(=O)NCCc2ccc(Cl)cc2Cl)c1C. The first-order valence-electron chi connectivity index (χ1n) is 7.82. The Morgan fingerprint density at radius 2 is 1.88 bits per heavy atom. The van der Waals surface area contributed by atoms with E-state index in [1.807, 2.05) is 26.0 Å². The molecule has 0 aliphatic rings. The minimum Gasteiger partial charge on any atom is -0.452 e. The normalized spacial score (nSPS) is 10.4. The first kappa shape index (κ1) is 19.3. The second-order valence-electron chi connectivity index (χ2n) is 5.66. The number of esters is 1. The number of ether oxygens (including phenoxy) is 1. The molecule has 6 heteroatoms. The summed E-state index contributed by atoms with van der Waals surface area (Å²) in [7, 11) is 0. The molecule has 25 heavy (non-hydrogen) atoms. The van der Waals surface area contributed by atoms with Gasteiger partial charge in [-0.3, -0.25) is 4.79 Å². The van der Waals surface area contributed by atoms with Crippen LogP contribution in [0.2, 0.25) is 10.0 Å². The van der Waals surface area contributed by atoms with E-state index in [1.54, 1.807) is 24.3 Å². The molecule has 2 rings (SSSR count). The largest absolute Gasteiger partial charge is 0.452 e. The molecular weight excluding hydrogens is 361 g/mol. The first-order valence-corrected chi connectivity index (χ1v) is 8.58. The van der Waals surface area contributed by atoms with Crippen LogP contribution < -0.4 is 5.32 Å². The Morgan fingerprint density at radius 3 is 2.60 bits per heavy atom. The number of halogens is 2. The van der Waals surface area contributed by atoms with Gasteiger partial charge in [0, 0.05) is 16.6 Å². The van der Waals surface area contributed by atoms with Crippen molar-refractivity contribution < 1.29 is 14.3 Å². The van der Waals surface area contributed by atoms with Crippen LogP contribution in [0.5, 0.6) is 0 Å². The molecule has 1 amide bonds. The molecule has 132 valence electrons. The number of rotatable bonds is 6. The van der Waals surface area contributed by atoms with E-state index >= 15 is 0 Å². The molecule has 0 saturated carbocycles. The zero-order valence-corrected chi connectivity index (χ0v) is 15.6. The summed E-state index contributed by atoms with van der Waals surface area (Å²) in [5.41, 5.74) is 3.21. The van der Waals surface area contributed by atoms with Gasteiger partial charge in [-0.2, -0.15) is 0 Å². The summed E-state index contributed by atoms with van der Waals surface area (Å²) in [6, 6.07) is 10.6. The monoisotopic (exact) mass is 379 g/mol. The van der Waals surface area contributed by atoms with E-state index in [-0.39, 0.29) is 12.5 Å². The fourth-order valence-corrected chi connectivity index (χ4v) is 2.80. The third-order valence-corrected chi connectivity index (χ3v) is 4.48. The summed E-state index contributed by atoms with van der Waals surface area (Å²) in [5, 5.41) is 3.82. The maximum Gasteiger partial charge on any atom is 0.338 e. The second kappa shape index (κ2) is 8.88. The third kappa shape index (κ3) is 5.48. The van der Waals surface area contributed by atoms with Crippen LogP contribution >= 0.6 is 23.2 Å². The van der Waals surface area contributed by atoms with Crippen molar-refractivity contribution in [2.24, 2.45) is 0 Å². The molecule has 0 aromatic heterocycles. The van der Waals surface area contributed by atoms with Crippen LogP contribution in [0.3, 0.4) is 0 Å². The summed E-state index contributed by atoms with van der Waals surface area (Å²) in [4.78, 5) is 23.9. The van der Waals surface area contributed by atoms with Crippen LogP contribution in [0.25, 0.3) is 0 Å². The van der Waals surface area contributed by atoms with Crippen LogP contribution in [0.15, 0.2) is 36.4 Å². The maximum absolute atomic E-state index is 12.1. The zero-order chi connectivity index (χ0) is 18.4. The summed E-state index contributed by atoms with van der Waals surface area (Å²) in [6.45, 7) is 3.84. The number of aryl methyl sites for hydroxylation is 1. The molecule has 1 N–H and O–H groups in total. The fraction of sp³-hybridized carbons (Fsp3) is 0.263. The molecule has 0 fully saturated rings. The molecule has 0 aliphatic heterocycles. The minimum atomic E-state index is -0.503. The third-order valence-electron chi connectivity index (χ3n) is 3.89. The lowest BCUT2D eigenvalue weighted by molar-refractivity contribution is -0.124. The molecule has 2 aromatic rings. The average Bonchev–Trinajstić information content (AvgIpc) is 2.57. The van der Waals surface area contributed by atoms with E-state index in [0.29, 0.717) is 28.6 Å². The Hall–Kier alpha value is -2.04. The zero-order valence-electron chi connectivity index (χ0n) is 14.1. The quantitative estimate of drug-likeness (QED) is 0.767. The van der Waals surface area contributed by atoms with Crippen LogP contribution in [0.1, 0.15) is 27.0 Å². The van der Waals surface area contributed by atoms with Crippen LogP contribution in [-0.4, -0.2) is 25.0 Å². The average molecular weight is 380 g/mol. The highest BCUT2D eigenvalue weighted by Crippen LogP contribution is 2.21. The molecule has 0 heterocycles. The van der Waals surface area contributed by atoms with E-state index in [0.717, 1.165) is 16.7 Å². The van der Waals surface area contributed by atoms with Gasteiger partial charge in [-0.05, 0) is 55.2 Å². The number of amides is 1. The summed E-state index contributed by atoms with van der Waals surface area (Å²) < 4.78 is 5.07. The van der Waals surface area contributed by atoms with Crippen molar-refractivity contribution in [3.05, 3.63) is 68.7 Å². The smallest absolute Gasteiger partial charge is 0.338 e. The second-order valence-corrected chi connectivity index (χ2v) is 6.50. The number of nitrogens with one attached hydrogen (secondary N) is 1. The molecule has 0 atom stereocenters. The number of hydrogen-bond acceptors (Lipinski definition) is 3. The van der Waals surface area contributed by atoms with Gasteiger partial charge in [0.1, 0.15) is 0 Å². The number of hydrogen-bond donors (Lipinski definition) is 1.